The van der Waals surface area contributed by atoms with E-state index in [1.54, 1.807) is 6.07 Å². The molecule has 1 aliphatic rings. The van der Waals surface area contributed by atoms with E-state index in [2.05, 4.69) is 0 Å². The number of carbonyl (C=O) groups is 1. The van der Waals surface area contributed by atoms with Gasteiger partial charge in [-0.05, 0) is 35.9 Å². The lowest BCUT2D eigenvalue weighted by Crippen LogP contribution is -2.24. The molecule has 2 aromatic rings. The first-order valence-corrected chi connectivity index (χ1v) is 8.58. The molecule has 0 unspecified atom stereocenters. The van der Waals surface area contributed by atoms with Crippen LogP contribution in [0.15, 0.2) is 59.0 Å². The summed E-state index contributed by atoms with van der Waals surface area (Å²) in [5, 5.41) is 0. The number of halogens is 3. The minimum Gasteiger partial charge on any atom is -0.289 e. The zero-order valence-electron chi connectivity index (χ0n) is 12.2. The highest BCUT2D eigenvalue weighted by molar-refractivity contribution is 7.91. The van der Waals surface area contributed by atoms with E-state index in [0.29, 0.717) is 5.56 Å². The Kier molecular flexibility index (Phi) is 3.83. The minimum atomic E-state index is -4.45. The molecule has 0 aromatic heterocycles. The van der Waals surface area contributed by atoms with Gasteiger partial charge in [0.05, 0.1) is 16.2 Å². The Balaban J connectivity index is 2.02. The molecule has 3 nitrogen and oxygen atoms in total. The summed E-state index contributed by atoms with van der Waals surface area (Å²) in [7, 11) is -3.64. The molecule has 0 saturated carbocycles. The standard InChI is InChI=1S/C17H11F3O3S/c18-17(19,20)13-7-5-11(6-8-13)9-12-10-24(22,23)15-4-2-1-3-14(15)16(12)21/h1-9H,10H2/b12-9+. The fourth-order valence-electron chi connectivity index (χ4n) is 2.52. The van der Waals surface area contributed by atoms with Gasteiger partial charge in [0.2, 0.25) is 0 Å². The van der Waals surface area contributed by atoms with Crippen molar-refractivity contribution in [1.82, 2.24) is 0 Å². The number of Topliss-reactive ketones (excluding diaryl/α,β-unsaturated/α-hetero) is 1. The highest BCUT2D eigenvalue weighted by Gasteiger charge is 2.32. The largest absolute Gasteiger partial charge is 0.416 e. The lowest BCUT2D eigenvalue weighted by Gasteiger charge is -2.17. The van der Waals surface area contributed by atoms with E-state index in [0.717, 1.165) is 12.1 Å². The Morgan fingerprint density at radius 3 is 2.21 bits per heavy atom. The second-order valence-corrected chi connectivity index (χ2v) is 7.33. The SMILES string of the molecule is O=C1/C(=C/c2ccc(C(F)(F)F)cc2)CS(=O)(=O)c2ccccc21. The summed E-state index contributed by atoms with van der Waals surface area (Å²) in [4.78, 5) is 12.4. The predicted molar refractivity (Wildman–Crippen MR) is 82.2 cm³/mol. The molecule has 0 aliphatic carbocycles. The number of rotatable bonds is 1. The van der Waals surface area contributed by atoms with Gasteiger partial charge in [-0.3, -0.25) is 4.79 Å². The van der Waals surface area contributed by atoms with Crippen LogP contribution in [0.3, 0.4) is 0 Å². The molecule has 0 N–H and O–H groups in total. The van der Waals surface area contributed by atoms with Gasteiger partial charge >= 0.3 is 6.18 Å². The van der Waals surface area contributed by atoms with Crippen molar-refractivity contribution >= 4 is 21.7 Å². The lowest BCUT2D eigenvalue weighted by atomic mass is 10.0. The van der Waals surface area contributed by atoms with Crippen molar-refractivity contribution in [3.63, 3.8) is 0 Å². The summed E-state index contributed by atoms with van der Waals surface area (Å²) in [6, 6.07) is 10.1. The molecule has 1 heterocycles. The molecule has 0 amide bonds. The fourth-order valence-corrected chi connectivity index (χ4v) is 4.08. The molecule has 1 aliphatic heterocycles. The van der Waals surface area contributed by atoms with Crippen LogP contribution in [0.2, 0.25) is 0 Å². The molecule has 0 bridgehead atoms. The van der Waals surface area contributed by atoms with Crippen LogP contribution in [0.25, 0.3) is 6.08 Å². The number of fused-ring (bicyclic) bond motifs is 1. The van der Waals surface area contributed by atoms with Gasteiger partial charge in [0.15, 0.2) is 15.6 Å². The second kappa shape index (κ2) is 5.59. The number of carbonyl (C=O) groups excluding carboxylic acids is 1. The predicted octanol–water partition coefficient (Wildman–Crippen LogP) is 3.76. The van der Waals surface area contributed by atoms with E-state index in [9.17, 15) is 26.4 Å². The molecule has 24 heavy (non-hydrogen) atoms. The zero-order chi connectivity index (χ0) is 17.5. The Hall–Kier alpha value is -2.41. The third-order valence-corrected chi connectivity index (χ3v) is 5.40. The summed E-state index contributed by atoms with van der Waals surface area (Å²) in [5.41, 5.74) is -0.353. The number of hydrogen-bond donors (Lipinski definition) is 0. The molecule has 7 heteroatoms. The Morgan fingerprint density at radius 1 is 0.958 bits per heavy atom. The Bertz CT molecular complexity index is 940. The first-order valence-electron chi connectivity index (χ1n) is 6.93. The van der Waals surface area contributed by atoms with Crippen LogP contribution in [-0.4, -0.2) is 20.0 Å². The number of hydrogen-bond acceptors (Lipinski definition) is 3. The first-order chi connectivity index (χ1) is 11.2. The van der Waals surface area contributed by atoms with E-state index in [4.69, 9.17) is 0 Å². The Labute approximate surface area is 136 Å². The number of ketones is 1. The van der Waals surface area contributed by atoms with Crippen LogP contribution in [0.5, 0.6) is 0 Å². The summed E-state index contributed by atoms with van der Waals surface area (Å²) < 4.78 is 62.2. The van der Waals surface area contributed by atoms with E-state index in [1.807, 2.05) is 0 Å². The van der Waals surface area contributed by atoms with Gasteiger partial charge in [-0.15, -0.1) is 0 Å². The van der Waals surface area contributed by atoms with E-state index in [1.165, 1.54) is 36.4 Å². The van der Waals surface area contributed by atoms with E-state index in [-0.39, 0.29) is 16.0 Å². The fraction of sp³-hybridized carbons (Fsp3) is 0.118. The topological polar surface area (TPSA) is 51.2 Å². The molecule has 0 atom stereocenters. The average Bonchev–Trinajstić information content (AvgIpc) is 2.52. The average molecular weight is 352 g/mol. The minimum absolute atomic E-state index is 0.0143. The van der Waals surface area contributed by atoms with Crippen LogP contribution in [0.1, 0.15) is 21.5 Å². The van der Waals surface area contributed by atoms with Gasteiger partial charge in [-0.25, -0.2) is 8.42 Å². The van der Waals surface area contributed by atoms with Crippen molar-refractivity contribution in [2.24, 2.45) is 0 Å². The van der Waals surface area contributed by atoms with Crippen molar-refractivity contribution in [3.05, 3.63) is 70.8 Å². The third-order valence-electron chi connectivity index (χ3n) is 3.68. The quantitative estimate of drug-likeness (QED) is 0.735. The van der Waals surface area contributed by atoms with Crippen molar-refractivity contribution in [2.45, 2.75) is 11.1 Å². The van der Waals surface area contributed by atoms with Crippen molar-refractivity contribution < 1.29 is 26.4 Å². The smallest absolute Gasteiger partial charge is 0.289 e. The number of alkyl halides is 3. The van der Waals surface area contributed by atoms with E-state index < -0.39 is 33.1 Å². The van der Waals surface area contributed by atoms with Crippen molar-refractivity contribution in [1.29, 1.82) is 0 Å². The van der Waals surface area contributed by atoms with Crippen LogP contribution >= 0.6 is 0 Å². The normalized spacial score (nSPS) is 18.5. The highest BCUT2D eigenvalue weighted by atomic mass is 32.2. The monoisotopic (exact) mass is 352 g/mol. The molecule has 0 fully saturated rings. The van der Waals surface area contributed by atoms with Crippen LogP contribution in [0.4, 0.5) is 13.2 Å². The molecule has 0 saturated heterocycles. The molecule has 2 aromatic carbocycles. The van der Waals surface area contributed by atoms with Gasteiger partial charge < -0.3 is 0 Å². The van der Waals surface area contributed by atoms with Crippen LogP contribution in [0, 0.1) is 0 Å². The van der Waals surface area contributed by atoms with Gasteiger partial charge in [0.1, 0.15) is 0 Å². The van der Waals surface area contributed by atoms with Gasteiger partial charge in [0, 0.05) is 11.1 Å². The zero-order valence-corrected chi connectivity index (χ0v) is 13.0. The molecule has 0 spiro atoms. The molecular formula is C17H11F3O3S. The number of benzene rings is 2. The van der Waals surface area contributed by atoms with Gasteiger partial charge in [-0.2, -0.15) is 13.2 Å². The number of sulfone groups is 1. The van der Waals surface area contributed by atoms with Crippen LogP contribution < -0.4 is 0 Å². The molecular weight excluding hydrogens is 341 g/mol. The van der Waals surface area contributed by atoms with Crippen molar-refractivity contribution in [3.8, 4) is 0 Å². The maximum absolute atomic E-state index is 12.6. The maximum atomic E-state index is 12.6. The summed E-state index contributed by atoms with van der Waals surface area (Å²) in [6.07, 6.45) is -3.13. The Morgan fingerprint density at radius 2 is 1.58 bits per heavy atom. The lowest BCUT2D eigenvalue weighted by molar-refractivity contribution is -0.137. The summed E-state index contributed by atoms with van der Waals surface area (Å²) >= 11 is 0. The molecule has 0 radical (unpaired) electrons. The van der Waals surface area contributed by atoms with Gasteiger partial charge in [0.25, 0.3) is 0 Å². The maximum Gasteiger partial charge on any atom is 0.416 e. The van der Waals surface area contributed by atoms with Gasteiger partial charge in [-0.1, -0.05) is 24.3 Å². The van der Waals surface area contributed by atoms with Crippen molar-refractivity contribution in [2.75, 3.05) is 5.75 Å². The van der Waals surface area contributed by atoms with E-state index >= 15 is 0 Å². The summed E-state index contributed by atoms with van der Waals surface area (Å²) in [6.45, 7) is 0. The molecule has 124 valence electrons. The second-order valence-electron chi connectivity index (χ2n) is 5.37. The van der Waals surface area contributed by atoms with Crippen LogP contribution in [-0.2, 0) is 16.0 Å². The summed E-state index contributed by atoms with van der Waals surface area (Å²) in [5.74, 6) is -0.899. The highest BCUT2D eigenvalue weighted by Crippen LogP contribution is 2.31. The first kappa shape index (κ1) is 16.4. The molecule has 3 rings (SSSR count). The third kappa shape index (κ3) is 2.99.